The monoisotopic (exact) mass is 362 g/mol. The van der Waals surface area contributed by atoms with Gasteiger partial charge in [-0.15, -0.1) is 0 Å². The van der Waals surface area contributed by atoms with Crippen LogP contribution in [-0.2, 0) is 13.0 Å². The zero-order valence-electron chi connectivity index (χ0n) is 15.2. The van der Waals surface area contributed by atoms with Crippen LogP contribution in [0.5, 0.6) is 0 Å². The highest BCUT2D eigenvalue weighted by atomic mass is 16.3. The van der Waals surface area contributed by atoms with E-state index in [4.69, 9.17) is 4.42 Å². The van der Waals surface area contributed by atoms with Gasteiger partial charge >= 0.3 is 6.03 Å². The molecule has 0 saturated heterocycles. The van der Waals surface area contributed by atoms with Crippen molar-refractivity contribution in [2.24, 2.45) is 0 Å². The third kappa shape index (κ3) is 4.20. The molecule has 138 valence electrons. The van der Waals surface area contributed by atoms with E-state index in [0.29, 0.717) is 6.54 Å². The van der Waals surface area contributed by atoms with Gasteiger partial charge in [0, 0.05) is 17.7 Å². The van der Waals surface area contributed by atoms with Crippen molar-refractivity contribution < 1.29 is 14.1 Å². The van der Waals surface area contributed by atoms with E-state index in [1.807, 2.05) is 42.5 Å². The molecule has 1 aliphatic rings. The van der Waals surface area contributed by atoms with Crippen molar-refractivity contribution in [3.63, 3.8) is 0 Å². The molecule has 2 amide bonds. The Balaban J connectivity index is 1.44. The van der Waals surface area contributed by atoms with E-state index < -0.39 is 0 Å². The van der Waals surface area contributed by atoms with Gasteiger partial charge in [0.15, 0.2) is 11.8 Å². The predicted molar refractivity (Wildman–Crippen MR) is 105 cm³/mol. The molecule has 1 aliphatic heterocycles. The van der Waals surface area contributed by atoms with Crippen molar-refractivity contribution >= 4 is 11.7 Å². The highest BCUT2D eigenvalue weighted by Crippen LogP contribution is 2.15. The maximum Gasteiger partial charge on any atom is 0.319 e. The van der Waals surface area contributed by atoms with Crippen molar-refractivity contribution in [3.8, 4) is 0 Å². The van der Waals surface area contributed by atoms with Crippen LogP contribution in [0.2, 0.25) is 0 Å². The van der Waals surface area contributed by atoms with Gasteiger partial charge in [-0.3, -0.25) is 0 Å². The molecule has 27 heavy (non-hydrogen) atoms. The third-order valence-corrected chi connectivity index (χ3v) is 5.13. The number of urea groups is 1. The fourth-order valence-electron chi connectivity index (χ4n) is 3.73. The Morgan fingerprint density at radius 3 is 2.56 bits per heavy atom. The topological polar surface area (TPSA) is 58.7 Å². The van der Waals surface area contributed by atoms with Gasteiger partial charge in [0.05, 0.1) is 19.4 Å². The van der Waals surface area contributed by atoms with Crippen LogP contribution in [-0.4, -0.2) is 19.1 Å². The van der Waals surface area contributed by atoms with Gasteiger partial charge in [-0.05, 0) is 29.8 Å². The smallest absolute Gasteiger partial charge is 0.319 e. The minimum atomic E-state index is -0.199. The number of furan rings is 1. The molecule has 2 atom stereocenters. The second-order valence-electron chi connectivity index (χ2n) is 6.87. The second-order valence-corrected chi connectivity index (χ2v) is 6.87. The van der Waals surface area contributed by atoms with Crippen LogP contribution in [0.3, 0.4) is 0 Å². The molecule has 0 fully saturated rings. The lowest BCUT2D eigenvalue weighted by atomic mass is 9.98. The third-order valence-electron chi connectivity index (χ3n) is 5.13. The number of rotatable bonds is 5. The standard InChI is InChI=1S/C22H23N3O2/c26-22(24-19-9-2-1-3-10-19)23-15-20(21-11-6-14-27-21)25-13-12-17-7-4-5-8-18(17)16-25/h1-11,14,20H,12-13,15-16H2,(H2,23,24,26)/p+1/t20-/m0/s1. The molecule has 5 heteroatoms. The summed E-state index contributed by atoms with van der Waals surface area (Å²) in [6.07, 6.45) is 2.74. The first-order valence-electron chi connectivity index (χ1n) is 9.34. The maximum atomic E-state index is 12.3. The fraction of sp³-hybridized carbons (Fsp3) is 0.227. The molecule has 0 bridgehead atoms. The molecule has 3 aromatic rings. The summed E-state index contributed by atoms with van der Waals surface area (Å²) in [6.45, 7) is 2.47. The summed E-state index contributed by atoms with van der Waals surface area (Å²) in [6, 6.07) is 21.8. The highest BCUT2D eigenvalue weighted by molar-refractivity contribution is 5.89. The Bertz CT molecular complexity index is 878. The van der Waals surface area contributed by atoms with Crippen LogP contribution >= 0.6 is 0 Å². The quantitative estimate of drug-likeness (QED) is 0.654. The Morgan fingerprint density at radius 1 is 1.00 bits per heavy atom. The number of carbonyl (C=O) groups is 1. The van der Waals surface area contributed by atoms with Gasteiger partial charge in [-0.2, -0.15) is 0 Å². The van der Waals surface area contributed by atoms with Crippen molar-refractivity contribution in [1.82, 2.24) is 5.32 Å². The molecule has 5 nitrogen and oxygen atoms in total. The normalized spacial score (nSPS) is 17.0. The van der Waals surface area contributed by atoms with Gasteiger partial charge < -0.3 is 20.0 Å². The lowest BCUT2D eigenvalue weighted by molar-refractivity contribution is -0.946. The minimum absolute atomic E-state index is 0.0786. The second kappa shape index (κ2) is 8.10. The van der Waals surface area contributed by atoms with Crippen LogP contribution < -0.4 is 15.5 Å². The van der Waals surface area contributed by atoms with Crippen molar-refractivity contribution in [2.75, 3.05) is 18.4 Å². The summed E-state index contributed by atoms with van der Waals surface area (Å²) >= 11 is 0. The fourth-order valence-corrected chi connectivity index (χ4v) is 3.73. The number of hydrogen-bond donors (Lipinski definition) is 3. The summed E-state index contributed by atoms with van der Waals surface area (Å²) in [4.78, 5) is 13.7. The van der Waals surface area contributed by atoms with Crippen LogP contribution in [0.1, 0.15) is 22.9 Å². The van der Waals surface area contributed by atoms with Crippen LogP contribution in [0.25, 0.3) is 0 Å². The van der Waals surface area contributed by atoms with Crippen LogP contribution in [0.4, 0.5) is 10.5 Å². The van der Waals surface area contributed by atoms with Gasteiger partial charge in [-0.1, -0.05) is 42.5 Å². The van der Waals surface area contributed by atoms with E-state index in [0.717, 1.165) is 31.0 Å². The number of hydrogen-bond acceptors (Lipinski definition) is 2. The van der Waals surface area contributed by atoms with E-state index in [1.165, 1.54) is 16.0 Å². The predicted octanol–water partition coefficient (Wildman–Crippen LogP) is 2.78. The Kier molecular flexibility index (Phi) is 5.21. The largest absolute Gasteiger partial charge is 0.463 e. The van der Waals surface area contributed by atoms with E-state index in [2.05, 4.69) is 34.9 Å². The average molecular weight is 362 g/mol. The number of amides is 2. The molecule has 0 saturated carbocycles. The van der Waals surface area contributed by atoms with E-state index in [1.54, 1.807) is 6.26 Å². The first-order valence-corrected chi connectivity index (χ1v) is 9.34. The van der Waals surface area contributed by atoms with Gasteiger partial charge in [0.2, 0.25) is 0 Å². The Morgan fingerprint density at radius 2 is 1.78 bits per heavy atom. The maximum absolute atomic E-state index is 12.3. The summed E-state index contributed by atoms with van der Waals surface area (Å²) in [5, 5.41) is 5.88. The number of fused-ring (bicyclic) bond motifs is 1. The lowest BCUT2D eigenvalue weighted by Crippen LogP contribution is -3.12. The molecular formula is C22H24N3O2+. The van der Waals surface area contributed by atoms with Crippen molar-refractivity contribution in [1.29, 1.82) is 0 Å². The molecular weight excluding hydrogens is 338 g/mol. The first-order chi connectivity index (χ1) is 13.3. The molecule has 0 aliphatic carbocycles. The number of benzene rings is 2. The van der Waals surface area contributed by atoms with Gasteiger partial charge in [-0.25, -0.2) is 4.79 Å². The molecule has 0 spiro atoms. The lowest BCUT2D eigenvalue weighted by Gasteiger charge is -2.31. The summed E-state index contributed by atoms with van der Waals surface area (Å²) in [7, 11) is 0. The Labute approximate surface area is 159 Å². The molecule has 0 radical (unpaired) electrons. The zero-order valence-corrected chi connectivity index (χ0v) is 15.2. The van der Waals surface area contributed by atoms with Crippen molar-refractivity contribution in [3.05, 3.63) is 89.9 Å². The number of para-hydroxylation sites is 1. The first kappa shape index (κ1) is 17.4. The molecule has 2 heterocycles. The van der Waals surface area contributed by atoms with E-state index >= 15 is 0 Å². The van der Waals surface area contributed by atoms with E-state index in [-0.39, 0.29) is 12.1 Å². The number of quaternary nitrogens is 1. The zero-order chi connectivity index (χ0) is 18.5. The number of anilines is 1. The average Bonchev–Trinajstić information content (AvgIpc) is 3.23. The van der Waals surface area contributed by atoms with Gasteiger partial charge in [0.1, 0.15) is 6.54 Å². The number of nitrogens with one attached hydrogen (secondary N) is 3. The van der Waals surface area contributed by atoms with Crippen molar-refractivity contribution in [2.45, 2.75) is 19.0 Å². The summed E-state index contributed by atoms with van der Waals surface area (Å²) < 4.78 is 5.69. The molecule has 3 N–H and O–H groups in total. The van der Waals surface area contributed by atoms with Gasteiger partial charge in [0.25, 0.3) is 0 Å². The number of carbonyl (C=O) groups excluding carboxylic acids is 1. The molecule has 1 unspecified atom stereocenters. The SMILES string of the molecule is O=C(NC[C@@H](c1ccco1)[NH+]1CCc2ccccc2C1)Nc1ccccc1. The highest BCUT2D eigenvalue weighted by Gasteiger charge is 2.30. The minimum Gasteiger partial charge on any atom is -0.463 e. The molecule has 2 aromatic carbocycles. The summed E-state index contributed by atoms with van der Waals surface area (Å²) in [5.74, 6) is 0.907. The molecule has 4 rings (SSSR count). The van der Waals surface area contributed by atoms with Crippen LogP contribution in [0.15, 0.2) is 77.4 Å². The van der Waals surface area contributed by atoms with Crippen LogP contribution in [0, 0.1) is 0 Å². The van der Waals surface area contributed by atoms with E-state index in [9.17, 15) is 4.79 Å². The molecule has 1 aromatic heterocycles. The summed E-state index contributed by atoms with van der Waals surface area (Å²) in [5.41, 5.74) is 3.59. The Hall–Kier alpha value is -3.05.